The second-order valence-electron chi connectivity index (χ2n) is 6.90. The van der Waals surface area contributed by atoms with Gasteiger partial charge in [0.05, 0.1) is 16.6 Å². The van der Waals surface area contributed by atoms with Gasteiger partial charge in [-0.2, -0.15) is 0 Å². The van der Waals surface area contributed by atoms with Crippen molar-refractivity contribution in [2.45, 2.75) is 24.7 Å². The van der Waals surface area contributed by atoms with Crippen molar-refractivity contribution in [2.24, 2.45) is 0 Å². The van der Waals surface area contributed by atoms with Crippen LogP contribution < -0.4 is 10.6 Å². The number of amides is 1. The number of carbonyl (C=O) groups is 1. The number of nitrogens with zero attached hydrogens (tertiary/aromatic N) is 3. The Hall–Kier alpha value is -2.87. The Morgan fingerprint density at radius 3 is 2.89 bits per heavy atom. The largest absolute Gasteiger partial charge is 0.351 e. The molecular formula is C19H16FN5OS. The molecule has 1 saturated carbocycles. The molecule has 27 heavy (non-hydrogen) atoms. The van der Waals surface area contributed by atoms with Crippen LogP contribution in [0.2, 0.25) is 0 Å². The van der Waals surface area contributed by atoms with Crippen LogP contribution in [0.5, 0.6) is 0 Å². The number of carbonyl (C=O) groups excluding carboxylic acids is 1. The molecular weight excluding hydrogens is 365 g/mol. The molecule has 1 amide bonds. The third-order valence-electron chi connectivity index (χ3n) is 5.24. The number of pyridine rings is 1. The van der Waals surface area contributed by atoms with Gasteiger partial charge in [0.1, 0.15) is 11.5 Å². The molecule has 1 fully saturated rings. The van der Waals surface area contributed by atoms with Crippen molar-refractivity contribution in [1.82, 2.24) is 20.3 Å². The molecule has 0 bridgehead atoms. The Labute approximate surface area is 158 Å². The molecule has 0 aromatic carbocycles. The van der Waals surface area contributed by atoms with Crippen molar-refractivity contribution < 1.29 is 9.18 Å². The lowest BCUT2D eigenvalue weighted by Gasteiger charge is -2.44. The summed E-state index contributed by atoms with van der Waals surface area (Å²) in [6.07, 6.45) is 6.06. The number of fused-ring (bicyclic) bond motifs is 2. The van der Waals surface area contributed by atoms with Gasteiger partial charge in [-0.1, -0.05) is 12.5 Å². The van der Waals surface area contributed by atoms with E-state index >= 15 is 0 Å². The molecule has 1 aliphatic heterocycles. The highest BCUT2D eigenvalue weighted by Gasteiger charge is 2.45. The molecule has 6 nitrogen and oxygen atoms in total. The van der Waals surface area contributed by atoms with E-state index in [0.717, 1.165) is 30.3 Å². The number of rotatable bonds is 3. The van der Waals surface area contributed by atoms with Crippen LogP contribution in [0.25, 0.3) is 10.6 Å². The fourth-order valence-electron chi connectivity index (χ4n) is 3.65. The highest BCUT2D eigenvalue weighted by molar-refractivity contribution is 7.16. The lowest BCUT2D eigenvalue weighted by atomic mass is 9.65. The van der Waals surface area contributed by atoms with Gasteiger partial charge in [-0.05, 0) is 31.0 Å². The molecule has 1 spiro atoms. The molecule has 2 N–H and O–H groups in total. The first-order valence-electron chi connectivity index (χ1n) is 8.78. The fraction of sp³-hybridized carbons (Fsp3) is 0.263. The average molecular weight is 381 g/mol. The molecule has 136 valence electrons. The number of halogens is 1. The number of hydrogen-bond donors (Lipinski definition) is 2. The lowest BCUT2D eigenvalue weighted by Crippen LogP contribution is -2.49. The standard InChI is InChI=1S/C19H16FN5OS/c20-12-9-22-18(24-14-4-1-2-7-21-14)25-15(12)13-8-11-16(27-13)19(5-3-6-19)10-23-17(11)26/h1-2,4,7-9H,3,5-6,10H2,(H,23,26)(H,21,22,24,25). The number of hydrogen-bond acceptors (Lipinski definition) is 6. The summed E-state index contributed by atoms with van der Waals surface area (Å²) < 4.78 is 14.5. The van der Waals surface area contributed by atoms with Crippen molar-refractivity contribution in [3.8, 4) is 10.6 Å². The number of aromatic nitrogens is 3. The zero-order valence-electron chi connectivity index (χ0n) is 14.3. The maximum atomic E-state index is 14.5. The van der Waals surface area contributed by atoms with Gasteiger partial charge in [0, 0.05) is 23.0 Å². The minimum Gasteiger partial charge on any atom is -0.351 e. The van der Waals surface area contributed by atoms with E-state index in [1.54, 1.807) is 24.4 Å². The molecule has 0 radical (unpaired) electrons. The molecule has 0 saturated heterocycles. The first-order valence-corrected chi connectivity index (χ1v) is 9.60. The van der Waals surface area contributed by atoms with Gasteiger partial charge >= 0.3 is 0 Å². The van der Waals surface area contributed by atoms with Gasteiger partial charge in [-0.25, -0.2) is 19.3 Å². The molecule has 2 aliphatic rings. The smallest absolute Gasteiger partial charge is 0.252 e. The molecule has 4 heterocycles. The Morgan fingerprint density at radius 1 is 1.26 bits per heavy atom. The molecule has 3 aromatic heterocycles. The number of nitrogens with one attached hydrogen (secondary N) is 2. The van der Waals surface area contributed by atoms with Gasteiger partial charge < -0.3 is 10.6 Å². The summed E-state index contributed by atoms with van der Waals surface area (Å²) in [5, 5.41) is 5.95. The van der Waals surface area contributed by atoms with Gasteiger partial charge in [0.15, 0.2) is 5.82 Å². The second-order valence-corrected chi connectivity index (χ2v) is 7.95. The first-order chi connectivity index (χ1) is 13.1. The van der Waals surface area contributed by atoms with Gasteiger partial charge in [0.2, 0.25) is 5.95 Å². The summed E-state index contributed by atoms with van der Waals surface area (Å²) in [6, 6.07) is 7.18. The monoisotopic (exact) mass is 381 g/mol. The number of anilines is 2. The van der Waals surface area contributed by atoms with Crippen LogP contribution in [-0.2, 0) is 5.41 Å². The highest BCUT2D eigenvalue weighted by atomic mass is 32.1. The van der Waals surface area contributed by atoms with E-state index in [1.165, 1.54) is 11.3 Å². The molecule has 3 aromatic rings. The van der Waals surface area contributed by atoms with Gasteiger partial charge in [0.25, 0.3) is 5.91 Å². The summed E-state index contributed by atoms with van der Waals surface area (Å²) in [4.78, 5) is 26.5. The van der Waals surface area contributed by atoms with Crippen LogP contribution >= 0.6 is 11.3 Å². The Kier molecular flexibility index (Phi) is 3.68. The van der Waals surface area contributed by atoms with Crippen molar-refractivity contribution in [3.63, 3.8) is 0 Å². The Morgan fingerprint density at radius 2 is 2.15 bits per heavy atom. The third kappa shape index (κ3) is 2.68. The quantitative estimate of drug-likeness (QED) is 0.724. The van der Waals surface area contributed by atoms with Crippen LogP contribution in [0.4, 0.5) is 16.2 Å². The van der Waals surface area contributed by atoms with Gasteiger partial charge in [-0.15, -0.1) is 11.3 Å². The van der Waals surface area contributed by atoms with Crippen LogP contribution in [0.1, 0.15) is 34.5 Å². The second kappa shape index (κ2) is 6.09. The van der Waals surface area contributed by atoms with Crippen LogP contribution in [0, 0.1) is 5.82 Å². The minimum atomic E-state index is -0.511. The SMILES string of the molecule is O=C1NCC2(CCC2)c2sc(-c3nc(Nc4ccccn4)ncc3F)cc21. The Balaban J connectivity index is 1.54. The van der Waals surface area contributed by atoms with E-state index in [0.29, 0.717) is 22.8 Å². The topological polar surface area (TPSA) is 79.8 Å². The summed E-state index contributed by atoms with van der Waals surface area (Å²) in [5.41, 5.74) is 0.869. The van der Waals surface area contributed by atoms with Crippen molar-refractivity contribution >= 4 is 29.0 Å². The van der Waals surface area contributed by atoms with Crippen LogP contribution in [-0.4, -0.2) is 27.4 Å². The maximum absolute atomic E-state index is 14.5. The zero-order valence-corrected chi connectivity index (χ0v) is 15.1. The molecule has 8 heteroatoms. The predicted molar refractivity (Wildman–Crippen MR) is 101 cm³/mol. The maximum Gasteiger partial charge on any atom is 0.252 e. The third-order valence-corrected chi connectivity index (χ3v) is 6.63. The summed E-state index contributed by atoms with van der Waals surface area (Å²) in [6.45, 7) is 0.664. The normalized spacial score (nSPS) is 17.1. The molecule has 5 rings (SSSR count). The predicted octanol–water partition coefficient (Wildman–Crippen LogP) is 3.65. The van der Waals surface area contributed by atoms with Crippen molar-refractivity contribution in [1.29, 1.82) is 0 Å². The van der Waals surface area contributed by atoms with Gasteiger partial charge in [-0.3, -0.25) is 4.79 Å². The van der Waals surface area contributed by atoms with E-state index in [9.17, 15) is 9.18 Å². The van der Waals surface area contributed by atoms with Crippen LogP contribution in [0.3, 0.4) is 0 Å². The van der Waals surface area contributed by atoms with E-state index in [4.69, 9.17) is 0 Å². The average Bonchev–Trinajstić information content (AvgIpc) is 3.10. The number of thiophene rings is 1. The summed E-state index contributed by atoms with van der Waals surface area (Å²) in [5.74, 6) is 0.238. The molecule has 1 aliphatic carbocycles. The fourth-order valence-corrected chi connectivity index (χ4v) is 5.04. The van der Waals surface area contributed by atoms with Crippen LogP contribution in [0.15, 0.2) is 36.7 Å². The summed E-state index contributed by atoms with van der Waals surface area (Å²) in [7, 11) is 0. The molecule has 0 unspecified atom stereocenters. The van der Waals surface area contributed by atoms with E-state index < -0.39 is 5.82 Å². The van der Waals surface area contributed by atoms with E-state index in [-0.39, 0.29) is 23.0 Å². The van der Waals surface area contributed by atoms with Crippen molar-refractivity contribution in [3.05, 3.63) is 52.9 Å². The minimum absolute atomic E-state index is 0.0186. The Bertz CT molecular complexity index is 1030. The molecule has 0 atom stereocenters. The first kappa shape index (κ1) is 16.3. The van der Waals surface area contributed by atoms with E-state index in [2.05, 4.69) is 25.6 Å². The highest BCUT2D eigenvalue weighted by Crippen LogP contribution is 2.50. The summed E-state index contributed by atoms with van der Waals surface area (Å²) >= 11 is 1.47. The van der Waals surface area contributed by atoms with Crippen molar-refractivity contribution in [2.75, 3.05) is 11.9 Å². The zero-order chi connectivity index (χ0) is 18.4. The van der Waals surface area contributed by atoms with E-state index in [1.807, 2.05) is 6.07 Å². The lowest BCUT2D eigenvalue weighted by molar-refractivity contribution is 0.0900.